The summed E-state index contributed by atoms with van der Waals surface area (Å²) in [7, 11) is 1.95. The van der Waals surface area contributed by atoms with Gasteiger partial charge in [-0.2, -0.15) is 0 Å². The molecule has 0 saturated carbocycles. The number of fused-ring (bicyclic) bond motifs is 1. The predicted molar refractivity (Wildman–Crippen MR) is 113 cm³/mol. The summed E-state index contributed by atoms with van der Waals surface area (Å²) in [4.78, 5) is 31.6. The van der Waals surface area contributed by atoms with Crippen LogP contribution in [-0.4, -0.2) is 39.4 Å². The predicted octanol–water partition coefficient (Wildman–Crippen LogP) is 3.35. The van der Waals surface area contributed by atoms with Gasteiger partial charge in [-0.15, -0.1) is 0 Å². The highest BCUT2D eigenvalue weighted by Gasteiger charge is 2.12. The van der Waals surface area contributed by atoms with Crippen LogP contribution in [-0.2, 0) is 6.42 Å². The summed E-state index contributed by atoms with van der Waals surface area (Å²) in [5.41, 5.74) is 2.85. The molecule has 0 aliphatic heterocycles. The Labute approximate surface area is 168 Å². The highest BCUT2D eigenvalue weighted by Crippen LogP contribution is 2.21. The second-order valence-corrected chi connectivity index (χ2v) is 6.62. The first-order valence-electron chi connectivity index (χ1n) is 9.28. The molecule has 3 heterocycles. The van der Waals surface area contributed by atoms with Crippen molar-refractivity contribution in [3.63, 3.8) is 0 Å². The molecule has 0 saturated heterocycles. The first kappa shape index (κ1) is 18.5. The van der Waals surface area contributed by atoms with Gasteiger partial charge in [-0.25, -0.2) is 9.97 Å². The number of benzene rings is 1. The fraction of sp³-hybridized carbons (Fsp3) is 0.136. The molecule has 0 aliphatic carbocycles. The number of anilines is 2. The molecular formula is C22H20N6O. The summed E-state index contributed by atoms with van der Waals surface area (Å²) in [5.74, 6) is 0.393. The monoisotopic (exact) mass is 384 g/mol. The maximum Gasteiger partial charge on any atom is 0.275 e. The van der Waals surface area contributed by atoms with E-state index in [1.165, 1.54) is 11.8 Å². The number of hydrogen-bond acceptors (Lipinski definition) is 6. The molecule has 1 N–H and O–H groups in total. The quantitative estimate of drug-likeness (QED) is 0.549. The van der Waals surface area contributed by atoms with Crippen molar-refractivity contribution in [3.05, 3.63) is 84.7 Å². The van der Waals surface area contributed by atoms with E-state index in [1.54, 1.807) is 24.8 Å². The Bertz CT molecular complexity index is 1110. The van der Waals surface area contributed by atoms with Gasteiger partial charge in [-0.3, -0.25) is 14.8 Å². The number of likely N-dealkylation sites (N-methyl/N-ethyl adjacent to an activating group) is 1. The molecule has 0 fully saturated rings. The largest absolute Gasteiger partial charge is 0.358 e. The molecule has 3 aromatic heterocycles. The molecule has 0 radical (unpaired) electrons. The smallest absolute Gasteiger partial charge is 0.275 e. The number of rotatable bonds is 6. The molecule has 4 rings (SSSR count). The van der Waals surface area contributed by atoms with Gasteiger partial charge in [0.15, 0.2) is 0 Å². The van der Waals surface area contributed by atoms with Gasteiger partial charge < -0.3 is 10.2 Å². The second kappa shape index (κ2) is 8.43. The standard InChI is InChI=1S/C22H20N6O/c1-28(13-9-16-7-11-23-12-8-16)20-15-25-19(14-26-20)22(29)27-18-6-2-4-17-5-3-10-24-21(17)18/h2-8,10-12,14-15H,9,13H2,1H3,(H,27,29). The van der Waals surface area contributed by atoms with E-state index in [1.807, 2.05) is 54.4 Å². The molecule has 29 heavy (non-hydrogen) atoms. The minimum atomic E-state index is -0.318. The first-order chi connectivity index (χ1) is 14.2. The summed E-state index contributed by atoms with van der Waals surface area (Å²) < 4.78 is 0. The van der Waals surface area contributed by atoms with Gasteiger partial charge in [0.25, 0.3) is 5.91 Å². The average Bonchev–Trinajstić information content (AvgIpc) is 2.78. The summed E-state index contributed by atoms with van der Waals surface area (Å²) in [6, 6.07) is 13.5. The molecule has 0 bridgehead atoms. The van der Waals surface area contributed by atoms with Crippen molar-refractivity contribution >= 4 is 28.3 Å². The number of amides is 1. The zero-order valence-electron chi connectivity index (χ0n) is 16.0. The maximum atomic E-state index is 12.6. The van der Waals surface area contributed by atoms with Crippen LogP contribution in [0, 0.1) is 0 Å². The lowest BCUT2D eigenvalue weighted by Crippen LogP contribution is -2.22. The molecule has 4 aromatic rings. The van der Waals surface area contributed by atoms with Crippen molar-refractivity contribution in [2.75, 3.05) is 23.8 Å². The van der Waals surface area contributed by atoms with Crippen molar-refractivity contribution < 1.29 is 4.79 Å². The second-order valence-electron chi connectivity index (χ2n) is 6.62. The zero-order valence-corrected chi connectivity index (χ0v) is 16.0. The molecule has 0 aliphatic rings. The molecule has 1 aromatic carbocycles. The van der Waals surface area contributed by atoms with Crippen molar-refractivity contribution in [1.29, 1.82) is 0 Å². The Morgan fingerprint density at radius 3 is 2.59 bits per heavy atom. The Balaban J connectivity index is 1.42. The van der Waals surface area contributed by atoms with E-state index in [0.29, 0.717) is 11.5 Å². The number of nitrogens with zero attached hydrogens (tertiary/aromatic N) is 5. The fourth-order valence-electron chi connectivity index (χ4n) is 2.99. The van der Waals surface area contributed by atoms with Crippen molar-refractivity contribution in [3.8, 4) is 0 Å². The summed E-state index contributed by atoms with van der Waals surface area (Å²) in [6.07, 6.45) is 9.25. The number of carbonyl (C=O) groups excluding carboxylic acids is 1. The van der Waals surface area contributed by atoms with E-state index in [9.17, 15) is 4.79 Å². The molecule has 0 atom stereocenters. The summed E-state index contributed by atoms with van der Waals surface area (Å²) in [5, 5.41) is 3.83. The van der Waals surface area contributed by atoms with E-state index in [4.69, 9.17) is 0 Å². The Kier molecular flexibility index (Phi) is 5.38. The molecule has 7 heteroatoms. The lowest BCUT2D eigenvalue weighted by Gasteiger charge is -2.17. The SMILES string of the molecule is CN(CCc1ccncc1)c1cnc(C(=O)Nc2cccc3cccnc23)cn1. The number of para-hydroxylation sites is 1. The minimum Gasteiger partial charge on any atom is -0.358 e. The Morgan fingerprint density at radius 2 is 1.79 bits per heavy atom. The van der Waals surface area contributed by atoms with E-state index in [2.05, 4.69) is 25.3 Å². The highest BCUT2D eigenvalue weighted by atomic mass is 16.1. The number of carbonyl (C=O) groups is 1. The lowest BCUT2D eigenvalue weighted by molar-refractivity contribution is 0.102. The van der Waals surface area contributed by atoms with Gasteiger partial charge in [-0.05, 0) is 36.2 Å². The first-order valence-corrected chi connectivity index (χ1v) is 9.28. The van der Waals surface area contributed by atoms with E-state index < -0.39 is 0 Å². The van der Waals surface area contributed by atoms with Crippen LogP contribution in [0.2, 0.25) is 0 Å². The minimum absolute atomic E-state index is 0.254. The van der Waals surface area contributed by atoms with Crippen molar-refractivity contribution in [2.45, 2.75) is 6.42 Å². The maximum absolute atomic E-state index is 12.6. The van der Waals surface area contributed by atoms with Gasteiger partial charge in [-0.1, -0.05) is 18.2 Å². The van der Waals surface area contributed by atoms with Gasteiger partial charge >= 0.3 is 0 Å². The van der Waals surface area contributed by atoms with Crippen LogP contribution in [0.1, 0.15) is 16.1 Å². The fourth-order valence-corrected chi connectivity index (χ4v) is 2.99. The van der Waals surface area contributed by atoms with Gasteiger partial charge in [0, 0.05) is 37.6 Å². The van der Waals surface area contributed by atoms with Crippen LogP contribution in [0.3, 0.4) is 0 Å². The third-order valence-corrected chi connectivity index (χ3v) is 4.63. The number of hydrogen-bond donors (Lipinski definition) is 1. The van der Waals surface area contributed by atoms with Crippen LogP contribution in [0.25, 0.3) is 10.9 Å². The third-order valence-electron chi connectivity index (χ3n) is 4.63. The molecule has 0 spiro atoms. The summed E-state index contributed by atoms with van der Waals surface area (Å²) >= 11 is 0. The third kappa shape index (κ3) is 4.35. The van der Waals surface area contributed by atoms with Gasteiger partial charge in [0.05, 0.1) is 23.6 Å². The van der Waals surface area contributed by atoms with Gasteiger partial charge in [0.2, 0.25) is 0 Å². The molecule has 7 nitrogen and oxygen atoms in total. The Hall–Kier alpha value is -3.87. The summed E-state index contributed by atoms with van der Waals surface area (Å²) in [6.45, 7) is 0.784. The molecular weight excluding hydrogens is 364 g/mol. The Morgan fingerprint density at radius 1 is 0.966 bits per heavy atom. The van der Waals surface area contributed by atoms with E-state index in [-0.39, 0.29) is 11.6 Å². The zero-order chi connectivity index (χ0) is 20.1. The lowest BCUT2D eigenvalue weighted by atomic mass is 10.2. The van der Waals surface area contributed by atoms with Gasteiger partial charge in [0.1, 0.15) is 11.5 Å². The van der Waals surface area contributed by atoms with Crippen LogP contribution < -0.4 is 10.2 Å². The van der Waals surface area contributed by atoms with Crippen LogP contribution in [0.4, 0.5) is 11.5 Å². The topological polar surface area (TPSA) is 83.9 Å². The normalized spacial score (nSPS) is 10.7. The van der Waals surface area contributed by atoms with Crippen LogP contribution in [0.5, 0.6) is 0 Å². The van der Waals surface area contributed by atoms with Crippen LogP contribution in [0.15, 0.2) is 73.4 Å². The molecule has 0 unspecified atom stereocenters. The molecule has 1 amide bonds. The van der Waals surface area contributed by atoms with E-state index >= 15 is 0 Å². The molecule has 144 valence electrons. The number of pyridine rings is 2. The van der Waals surface area contributed by atoms with E-state index in [0.717, 1.165) is 23.9 Å². The van der Waals surface area contributed by atoms with Crippen molar-refractivity contribution in [2.24, 2.45) is 0 Å². The highest BCUT2D eigenvalue weighted by molar-refractivity contribution is 6.07. The average molecular weight is 384 g/mol. The van der Waals surface area contributed by atoms with Crippen molar-refractivity contribution in [1.82, 2.24) is 19.9 Å². The number of aromatic nitrogens is 4. The van der Waals surface area contributed by atoms with Crippen LogP contribution >= 0.6 is 0 Å². The number of nitrogens with one attached hydrogen (secondary N) is 1.